The number of nitrogens with zero attached hydrogens (tertiary/aromatic N) is 1. The first-order chi connectivity index (χ1) is 12.9. The van der Waals surface area contributed by atoms with E-state index in [1.807, 2.05) is 62.5 Å². The van der Waals surface area contributed by atoms with Gasteiger partial charge in [-0.2, -0.15) is 0 Å². The van der Waals surface area contributed by atoms with Crippen molar-refractivity contribution in [3.8, 4) is 17.0 Å². The Balaban J connectivity index is 1.50. The predicted octanol–water partition coefficient (Wildman–Crippen LogP) is 5.08. The maximum absolute atomic E-state index is 12.0. The average molecular weight is 401 g/mol. The van der Waals surface area contributed by atoms with Gasteiger partial charge in [-0.25, -0.2) is 4.98 Å². The van der Waals surface area contributed by atoms with E-state index in [1.54, 1.807) is 11.3 Å². The largest absolute Gasteiger partial charge is 0.484 e. The zero-order valence-corrected chi connectivity index (χ0v) is 17.1. The molecule has 140 valence electrons. The SMILES string of the molecule is Cc1nc(-c2ccc(CNC(=O)COc3cc(C)c(Cl)c(C)c3)cc2)cs1. The number of thiazole rings is 1. The quantitative estimate of drug-likeness (QED) is 0.627. The van der Waals surface area contributed by atoms with E-state index in [9.17, 15) is 4.79 Å². The minimum absolute atomic E-state index is 0.0311. The second-order valence-corrected chi connectivity index (χ2v) is 7.83. The molecule has 0 aliphatic heterocycles. The van der Waals surface area contributed by atoms with Gasteiger partial charge in [0.2, 0.25) is 0 Å². The lowest BCUT2D eigenvalue weighted by molar-refractivity contribution is -0.123. The number of halogens is 1. The predicted molar refractivity (Wildman–Crippen MR) is 111 cm³/mol. The van der Waals surface area contributed by atoms with Gasteiger partial charge < -0.3 is 10.1 Å². The number of amides is 1. The van der Waals surface area contributed by atoms with Crippen LogP contribution < -0.4 is 10.1 Å². The molecule has 0 atom stereocenters. The average Bonchev–Trinajstić information content (AvgIpc) is 3.09. The Bertz CT molecular complexity index is 928. The smallest absolute Gasteiger partial charge is 0.258 e. The Hall–Kier alpha value is -2.37. The third-order valence-electron chi connectivity index (χ3n) is 4.14. The first-order valence-electron chi connectivity index (χ1n) is 8.60. The van der Waals surface area contributed by atoms with Crippen LogP contribution in [0.25, 0.3) is 11.3 Å². The van der Waals surface area contributed by atoms with Crippen LogP contribution in [-0.4, -0.2) is 17.5 Å². The third kappa shape index (κ3) is 5.08. The van der Waals surface area contributed by atoms with Crippen molar-refractivity contribution in [2.24, 2.45) is 0 Å². The number of ether oxygens (including phenoxy) is 1. The van der Waals surface area contributed by atoms with Crippen LogP contribution in [-0.2, 0) is 11.3 Å². The monoisotopic (exact) mass is 400 g/mol. The molecule has 1 heterocycles. The molecule has 0 fully saturated rings. The van der Waals surface area contributed by atoms with Gasteiger partial charge in [-0.05, 0) is 49.6 Å². The Morgan fingerprint density at radius 2 is 1.81 bits per heavy atom. The summed E-state index contributed by atoms with van der Waals surface area (Å²) in [6.07, 6.45) is 0. The van der Waals surface area contributed by atoms with Crippen molar-refractivity contribution in [2.75, 3.05) is 6.61 Å². The number of hydrogen-bond acceptors (Lipinski definition) is 4. The second-order valence-electron chi connectivity index (χ2n) is 6.39. The fraction of sp³-hybridized carbons (Fsp3) is 0.238. The van der Waals surface area contributed by atoms with E-state index in [0.29, 0.717) is 12.3 Å². The first-order valence-corrected chi connectivity index (χ1v) is 9.86. The summed E-state index contributed by atoms with van der Waals surface area (Å²) in [6.45, 7) is 6.25. The van der Waals surface area contributed by atoms with Gasteiger partial charge in [-0.1, -0.05) is 35.9 Å². The number of benzene rings is 2. The molecule has 0 radical (unpaired) electrons. The topological polar surface area (TPSA) is 51.2 Å². The summed E-state index contributed by atoms with van der Waals surface area (Å²) in [4.78, 5) is 16.5. The van der Waals surface area contributed by atoms with E-state index in [2.05, 4.69) is 10.3 Å². The van der Waals surface area contributed by atoms with E-state index in [0.717, 1.165) is 38.0 Å². The van der Waals surface area contributed by atoms with Crippen molar-refractivity contribution in [1.82, 2.24) is 10.3 Å². The van der Waals surface area contributed by atoms with Crippen molar-refractivity contribution >= 4 is 28.8 Å². The number of aryl methyl sites for hydroxylation is 3. The molecule has 1 N–H and O–H groups in total. The van der Waals surface area contributed by atoms with E-state index in [-0.39, 0.29) is 12.5 Å². The van der Waals surface area contributed by atoms with Crippen LogP contribution in [0.3, 0.4) is 0 Å². The molecule has 4 nitrogen and oxygen atoms in total. The molecule has 3 aromatic rings. The Morgan fingerprint density at radius 1 is 1.15 bits per heavy atom. The summed E-state index contributed by atoms with van der Waals surface area (Å²) in [5.74, 6) is 0.479. The van der Waals surface area contributed by atoms with Crippen molar-refractivity contribution in [1.29, 1.82) is 0 Å². The van der Waals surface area contributed by atoms with Gasteiger partial charge in [-0.15, -0.1) is 11.3 Å². The molecule has 0 saturated carbocycles. The van der Waals surface area contributed by atoms with Gasteiger partial charge in [0.05, 0.1) is 10.7 Å². The molecule has 0 aliphatic carbocycles. The van der Waals surface area contributed by atoms with Crippen LogP contribution in [0.2, 0.25) is 5.02 Å². The van der Waals surface area contributed by atoms with Crippen LogP contribution in [0.4, 0.5) is 0 Å². The molecular formula is C21H21ClN2O2S. The second kappa shape index (κ2) is 8.55. The molecule has 0 bridgehead atoms. The van der Waals surface area contributed by atoms with Gasteiger partial charge in [0.25, 0.3) is 5.91 Å². The lowest BCUT2D eigenvalue weighted by atomic mass is 10.1. The van der Waals surface area contributed by atoms with E-state index < -0.39 is 0 Å². The van der Waals surface area contributed by atoms with Gasteiger partial charge in [-0.3, -0.25) is 4.79 Å². The van der Waals surface area contributed by atoms with Crippen LogP contribution in [0.15, 0.2) is 41.8 Å². The summed E-state index contributed by atoms with van der Waals surface area (Å²) in [5, 5.41) is 6.69. The zero-order chi connectivity index (χ0) is 19.4. The van der Waals surface area contributed by atoms with Crippen LogP contribution in [0.5, 0.6) is 5.75 Å². The maximum atomic E-state index is 12.0. The molecule has 0 unspecified atom stereocenters. The number of hydrogen-bond donors (Lipinski definition) is 1. The highest BCUT2D eigenvalue weighted by molar-refractivity contribution is 7.09. The highest BCUT2D eigenvalue weighted by Crippen LogP contribution is 2.26. The summed E-state index contributed by atoms with van der Waals surface area (Å²) in [5.41, 5.74) is 4.95. The minimum Gasteiger partial charge on any atom is -0.484 e. The lowest BCUT2D eigenvalue weighted by Crippen LogP contribution is -2.28. The summed E-state index contributed by atoms with van der Waals surface area (Å²) in [7, 11) is 0. The van der Waals surface area contributed by atoms with Crippen molar-refractivity contribution in [2.45, 2.75) is 27.3 Å². The number of nitrogens with one attached hydrogen (secondary N) is 1. The molecule has 0 saturated heterocycles. The molecular weight excluding hydrogens is 380 g/mol. The molecule has 1 amide bonds. The summed E-state index contributed by atoms with van der Waals surface area (Å²) >= 11 is 7.78. The van der Waals surface area contributed by atoms with Gasteiger partial charge >= 0.3 is 0 Å². The first kappa shape index (κ1) is 19.4. The minimum atomic E-state index is -0.167. The van der Waals surface area contributed by atoms with Gasteiger partial charge in [0, 0.05) is 22.5 Å². The van der Waals surface area contributed by atoms with E-state index >= 15 is 0 Å². The number of rotatable bonds is 6. The van der Waals surface area contributed by atoms with E-state index in [1.165, 1.54) is 0 Å². The molecule has 1 aromatic heterocycles. The fourth-order valence-electron chi connectivity index (χ4n) is 2.68. The Labute approximate surface area is 168 Å². The number of aromatic nitrogens is 1. The van der Waals surface area contributed by atoms with Crippen LogP contribution in [0, 0.1) is 20.8 Å². The van der Waals surface area contributed by atoms with Crippen LogP contribution in [0.1, 0.15) is 21.7 Å². The molecule has 0 aliphatic rings. The zero-order valence-electron chi connectivity index (χ0n) is 15.5. The van der Waals surface area contributed by atoms with Crippen molar-refractivity contribution in [3.05, 3.63) is 68.5 Å². The standard InChI is InChI=1S/C21H21ClN2O2S/c1-13-8-18(9-14(2)21(13)22)26-11-20(25)23-10-16-4-6-17(7-5-16)19-12-27-15(3)24-19/h4-9,12H,10-11H2,1-3H3,(H,23,25). The van der Waals surface area contributed by atoms with Crippen molar-refractivity contribution < 1.29 is 9.53 Å². The molecule has 3 rings (SSSR count). The Kier molecular flexibility index (Phi) is 6.14. The maximum Gasteiger partial charge on any atom is 0.258 e. The number of carbonyl (C=O) groups excluding carboxylic acids is 1. The number of carbonyl (C=O) groups is 1. The summed E-state index contributed by atoms with van der Waals surface area (Å²) < 4.78 is 5.57. The Morgan fingerprint density at radius 3 is 2.41 bits per heavy atom. The summed E-state index contributed by atoms with van der Waals surface area (Å²) in [6, 6.07) is 11.7. The fourth-order valence-corrected chi connectivity index (χ4v) is 3.41. The molecule has 6 heteroatoms. The van der Waals surface area contributed by atoms with Crippen LogP contribution >= 0.6 is 22.9 Å². The van der Waals surface area contributed by atoms with Gasteiger partial charge in [0.1, 0.15) is 5.75 Å². The van der Waals surface area contributed by atoms with Gasteiger partial charge in [0.15, 0.2) is 6.61 Å². The third-order valence-corrected chi connectivity index (χ3v) is 5.51. The van der Waals surface area contributed by atoms with Crippen molar-refractivity contribution in [3.63, 3.8) is 0 Å². The molecule has 0 spiro atoms. The molecule has 2 aromatic carbocycles. The lowest BCUT2D eigenvalue weighted by Gasteiger charge is -2.10. The molecule has 27 heavy (non-hydrogen) atoms. The highest BCUT2D eigenvalue weighted by Gasteiger charge is 2.07. The normalized spacial score (nSPS) is 10.7. The highest BCUT2D eigenvalue weighted by atomic mass is 35.5. The van der Waals surface area contributed by atoms with E-state index in [4.69, 9.17) is 16.3 Å².